The van der Waals surface area contributed by atoms with Gasteiger partial charge in [-0.1, -0.05) is 0 Å². The minimum absolute atomic E-state index is 0.150. The highest BCUT2D eigenvalue weighted by atomic mass is 16.6. The largest absolute Gasteiger partial charge is 0.444 e. The molecule has 0 aromatic heterocycles. The smallest absolute Gasteiger partial charge is 0.410 e. The summed E-state index contributed by atoms with van der Waals surface area (Å²) in [5, 5.41) is 6.89. The van der Waals surface area contributed by atoms with E-state index < -0.39 is 5.60 Å². The van der Waals surface area contributed by atoms with Crippen LogP contribution in [0.4, 0.5) is 4.79 Å². The lowest BCUT2D eigenvalue weighted by atomic mass is 10.2. The fourth-order valence-electron chi connectivity index (χ4n) is 2.51. The Morgan fingerprint density at radius 3 is 2.65 bits per heavy atom. The van der Waals surface area contributed by atoms with Crippen molar-refractivity contribution >= 4 is 6.09 Å². The molecule has 2 rings (SSSR count). The van der Waals surface area contributed by atoms with Crippen molar-refractivity contribution in [1.82, 2.24) is 15.5 Å². The molecule has 1 aliphatic carbocycles. The maximum Gasteiger partial charge on any atom is 0.410 e. The van der Waals surface area contributed by atoms with E-state index in [0.29, 0.717) is 12.1 Å². The molecule has 2 fully saturated rings. The third-order valence-corrected chi connectivity index (χ3v) is 3.68. The Balaban J connectivity index is 1.68. The molecule has 0 radical (unpaired) electrons. The Hall–Kier alpha value is -0.810. The van der Waals surface area contributed by atoms with Gasteiger partial charge in [-0.15, -0.1) is 0 Å². The Bertz CT molecular complexity index is 318. The summed E-state index contributed by atoms with van der Waals surface area (Å²) in [7, 11) is 0. The summed E-state index contributed by atoms with van der Waals surface area (Å²) < 4.78 is 5.49. The highest BCUT2D eigenvalue weighted by Crippen LogP contribution is 2.28. The zero-order valence-corrected chi connectivity index (χ0v) is 13.1. The Labute approximate surface area is 122 Å². The highest BCUT2D eigenvalue weighted by molar-refractivity contribution is 5.69. The molecular formula is C15H29N3O2. The molecule has 5 heteroatoms. The number of nitrogens with zero attached hydrogens (tertiary/aromatic N) is 1. The van der Waals surface area contributed by atoms with Gasteiger partial charge in [-0.2, -0.15) is 0 Å². The van der Waals surface area contributed by atoms with E-state index in [1.54, 1.807) is 0 Å². The van der Waals surface area contributed by atoms with Gasteiger partial charge in [-0.25, -0.2) is 4.79 Å². The summed E-state index contributed by atoms with van der Waals surface area (Å²) in [6.07, 6.45) is 4.30. The van der Waals surface area contributed by atoms with Gasteiger partial charge in [-0.05, 0) is 59.5 Å². The second-order valence-electron chi connectivity index (χ2n) is 6.90. The van der Waals surface area contributed by atoms with Crippen molar-refractivity contribution in [2.24, 2.45) is 0 Å². The van der Waals surface area contributed by atoms with Gasteiger partial charge in [0, 0.05) is 25.2 Å². The number of carbonyl (C=O) groups excluding carboxylic acids is 1. The molecule has 1 atom stereocenters. The van der Waals surface area contributed by atoms with E-state index in [1.807, 2.05) is 25.7 Å². The molecule has 20 heavy (non-hydrogen) atoms. The van der Waals surface area contributed by atoms with Gasteiger partial charge in [-0.3, -0.25) is 0 Å². The summed E-state index contributed by atoms with van der Waals surface area (Å²) in [5.74, 6) is 0. The van der Waals surface area contributed by atoms with Gasteiger partial charge in [0.05, 0.1) is 0 Å². The molecule has 116 valence electrons. The maximum atomic E-state index is 12.2. The van der Waals surface area contributed by atoms with E-state index in [2.05, 4.69) is 10.6 Å². The van der Waals surface area contributed by atoms with Crippen molar-refractivity contribution in [2.75, 3.05) is 26.2 Å². The molecule has 5 nitrogen and oxygen atoms in total. The minimum Gasteiger partial charge on any atom is -0.444 e. The average Bonchev–Trinajstić information content (AvgIpc) is 3.03. The van der Waals surface area contributed by atoms with Crippen molar-refractivity contribution in [3.63, 3.8) is 0 Å². The molecule has 1 amide bonds. The van der Waals surface area contributed by atoms with Gasteiger partial charge >= 0.3 is 6.09 Å². The summed E-state index contributed by atoms with van der Waals surface area (Å²) in [5.41, 5.74) is -0.405. The summed E-state index contributed by atoms with van der Waals surface area (Å²) in [6.45, 7) is 9.72. The van der Waals surface area contributed by atoms with Gasteiger partial charge in [0.25, 0.3) is 0 Å². The first-order chi connectivity index (χ1) is 9.46. The average molecular weight is 283 g/mol. The molecule has 2 N–H and O–H groups in total. The van der Waals surface area contributed by atoms with E-state index in [9.17, 15) is 4.79 Å². The topological polar surface area (TPSA) is 53.6 Å². The minimum atomic E-state index is -0.405. The van der Waals surface area contributed by atoms with Crippen molar-refractivity contribution in [2.45, 2.75) is 64.1 Å². The number of hydrogen-bond donors (Lipinski definition) is 2. The van der Waals surface area contributed by atoms with E-state index >= 15 is 0 Å². The number of amides is 1. The van der Waals surface area contributed by atoms with Gasteiger partial charge < -0.3 is 20.3 Å². The predicted molar refractivity (Wildman–Crippen MR) is 79.9 cm³/mol. The van der Waals surface area contributed by atoms with Crippen LogP contribution in [0.5, 0.6) is 0 Å². The van der Waals surface area contributed by atoms with Crippen LogP contribution in [0, 0.1) is 0 Å². The molecule has 0 bridgehead atoms. The zero-order valence-electron chi connectivity index (χ0n) is 13.1. The third-order valence-electron chi connectivity index (χ3n) is 3.68. The van der Waals surface area contributed by atoms with E-state index in [-0.39, 0.29) is 6.09 Å². The highest BCUT2D eigenvalue weighted by Gasteiger charge is 2.34. The molecule has 1 aliphatic heterocycles. The number of hydrogen-bond acceptors (Lipinski definition) is 4. The van der Waals surface area contributed by atoms with Crippen LogP contribution in [0.25, 0.3) is 0 Å². The maximum absolute atomic E-state index is 12.2. The van der Waals surface area contributed by atoms with Gasteiger partial charge in [0.1, 0.15) is 5.60 Å². The van der Waals surface area contributed by atoms with E-state index in [0.717, 1.165) is 45.4 Å². The van der Waals surface area contributed by atoms with E-state index in [1.165, 1.54) is 6.42 Å². The predicted octanol–water partition coefficient (Wildman–Crippen LogP) is 1.73. The number of ether oxygens (including phenoxy) is 1. The molecule has 1 saturated carbocycles. The van der Waals surface area contributed by atoms with Crippen LogP contribution in [-0.4, -0.2) is 54.9 Å². The number of rotatable bonds is 6. The van der Waals surface area contributed by atoms with Crippen LogP contribution < -0.4 is 10.6 Å². The lowest BCUT2D eigenvalue weighted by molar-refractivity contribution is 0.0232. The van der Waals surface area contributed by atoms with Crippen LogP contribution in [0.15, 0.2) is 0 Å². The fraction of sp³-hybridized carbons (Fsp3) is 0.933. The van der Waals surface area contributed by atoms with Crippen molar-refractivity contribution in [3.05, 3.63) is 0 Å². The summed E-state index contributed by atoms with van der Waals surface area (Å²) in [4.78, 5) is 14.1. The lowest BCUT2D eigenvalue weighted by Crippen LogP contribution is -2.40. The first-order valence-corrected chi connectivity index (χ1v) is 7.89. The quantitative estimate of drug-likeness (QED) is 0.729. The van der Waals surface area contributed by atoms with Crippen molar-refractivity contribution < 1.29 is 9.53 Å². The summed E-state index contributed by atoms with van der Waals surface area (Å²) in [6, 6.07) is 1.02. The SMILES string of the molecule is CC(C)(C)OC(=O)N(CCCNC1CCNC1)C1CC1. The third kappa shape index (κ3) is 5.29. The first-order valence-electron chi connectivity index (χ1n) is 7.89. The van der Waals surface area contributed by atoms with Crippen LogP contribution >= 0.6 is 0 Å². The van der Waals surface area contributed by atoms with Crippen molar-refractivity contribution in [3.8, 4) is 0 Å². The number of nitrogens with one attached hydrogen (secondary N) is 2. The first kappa shape index (κ1) is 15.6. The molecule has 0 aromatic carbocycles. The molecule has 0 aromatic rings. The lowest BCUT2D eigenvalue weighted by Gasteiger charge is -2.27. The normalized spacial score (nSPS) is 22.9. The molecule has 1 unspecified atom stereocenters. The Morgan fingerprint density at radius 1 is 1.35 bits per heavy atom. The van der Waals surface area contributed by atoms with E-state index in [4.69, 9.17) is 4.74 Å². The van der Waals surface area contributed by atoms with Gasteiger partial charge in [0.2, 0.25) is 0 Å². The van der Waals surface area contributed by atoms with Gasteiger partial charge in [0.15, 0.2) is 0 Å². The van der Waals surface area contributed by atoms with Crippen molar-refractivity contribution in [1.29, 1.82) is 0 Å². The van der Waals surface area contributed by atoms with Crippen LogP contribution in [-0.2, 0) is 4.74 Å². The molecule has 0 spiro atoms. The molecule has 2 aliphatic rings. The molecular weight excluding hydrogens is 254 g/mol. The summed E-state index contributed by atoms with van der Waals surface area (Å²) >= 11 is 0. The molecule has 1 heterocycles. The standard InChI is InChI=1S/C15H29N3O2/c1-15(2,3)20-14(19)18(13-5-6-13)10-4-8-17-12-7-9-16-11-12/h12-13,16-17H,4-11H2,1-3H3. The zero-order chi connectivity index (χ0) is 14.6. The Morgan fingerprint density at radius 2 is 2.10 bits per heavy atom. The molecule has 1 saturated heterocycles. The van der Waals surface area contributed by atoms with Crippen LogP contribution in [0.1, 0.15) is 46.5 Å². The fourth-order valence-corrected chi connectivity index (χ4v) is 2.51. The van der Waals surface area contributed by atoms with Crippen LogP contribution in [0.2, 0.25) is 0 Å². The monoisotopic (exact) mass is 283 g/mol. The second kappa shape index (κ2) is 6.76. The number of carbonyl (C=O) groups is 1. The Kier molecular flexibility index (Phi) is 5.27. The van der Waals surface area contributed by atoms with Crippen LogP contribution in [0.3, 0.4) is 0 Å². The second-order valence-corrected chi connectivity index (χ2v) is 6.90.